The average Bonchev–Trinajstić information content (AvgIpc) is 2.08. The molecular weight excluding hydrogens is 178 g/mol. The van der Waals surface area contributed by atoms with E-state index in [2.05, 4.69) is 31.3 Å². The van der Waals surface area contributed by atoms with Gasteiger partial charge in [-0.15, -0.1) is 0 Å². The van der Waals surface area contributed by atoms with E-state index in [0.717, 1.165) is 0 Å². The van der Waals surface area contributed by atoms with Gasteiger partial charge in [-0.2, -0.15) is 0 Å². The highest BCUT2D eigenvalue weighted by atomic mass is 32.1. The van der Waals surface area contributed by atoms with Crippen molar-refractivity contribution in [2.45, 2.75) is 27.7 Å². The molecule has 0 bridgehead atoms. The molecule has 0 aromatic heterocycles. The molecule has 0 saturated heterocycles. The van der Waals surface area contributed by atoms with Crippen LogP contribution in [0.3, 0.4) is 0 Å². The van der Waals surface area contributed by atoms with Gasteiger partial charge in [0.05, 0.1) is 4.99 Å². The molecule has 0 aliphatic carbocycles. The SMILES string of the molecule is CC.CC(N)=S.Cc1ccccc1. The summed E-state index contributed by atoms with van der Waals surface area (Å²) in [6, 6.07) is 10.3. The Morgan fingerprint density at radius 2 is 1.46 bits per heavy atom. The Kier molecular flexibility index (Phi) is 12.5. The van der Waals surface area contributed by atoms with Gasteiger partial charge in [0, 0.05) is 0 Å². The molecule has 1 rings (SSSR count). The predicted molar refractivity (Wildman–Crippen MR) is 65.0 cm³/mol. The second-order valence-electron chi connectivity index (χ2n) is 2.27. The monoisotopic (exact) mass is 197 g/mol. The Hall–Kier alpha value is -0.890. The largest absolute Gasteiger partial charge is 0.394 e. The summed E-state index contributed by atoms with van der Waals surface area (Å²) in [5.41, 5.74) is 6.16. The first-order valence-electron chi connectivity index (χ1n) is 4.40. The van der Waals surface area contributed by atoms with E-state index in [1.54, 1.807) is 6.92 Å². The summed E-state index contributed by atoms with van der Waals surface area (Å²) >= 11 is 4.31. The van der Waals surface area contributed by atoms with Gasteiger partial charge in [-0.25, -0.2) is 0 Å². The zero-order valence-corrected chi connectivity index (χ0v) is 9.69. The van der Waals surface area contributed by atoms with Crippen LogP contribution in [-0.4, -0.2) is 4.99 Å². The second kappa shape index (κ2) is 11.1. The molecule has 0 atom stereocenters. The van der Waals surface area contributed by atoms with Gasteiger partial charge in [0.2, 0.25) is 0 Å². The van der Waals surface area contributed by atoms with Crippen molar-refractivity contribution in [3.05, 3.63) is 35.9 Å². The molecule has 1 nitrogen and oxygen atoms in total. The molecule has 74 valence electrons. The maximum Gasteiger partial charge on any atom is 0.0695 e. The van der Waals surface area contributed by atoms with Crippen LogP contribution in [0, 0.1) is 6.92 Å². The smallest absolute Gasteiger partial charge is 0.0695 e. The minimum atomic E-state index is 0.500. The number of thiocarbonyl (C=S) groups is 1. The lowest BCUT2D eigenvalue weighted by molar-refractivity contribution is 1.48. The van der Waals surface area contributed by atoms with Crippen LogP contribution in [0.4, 0.5) is 0 Å². The van der Waals surface area contributed by atoms with Crippen molar-refractivity contribution < 1.29 is 0 Å². The number of benzene rings is 1. The number of hydrogen-bond donors (Lipinski definition) is 1. The molecule has 2 heteroatoms. The van der Waals surface area contributed by atoms with Gasteiger partial charge in [0.1, 0.15) is 0 Å². The molecule has 0 spiro atoms. The molecule has 0 amide bonds. The molecule has 0 heterocycles. The first-order chi connectivity index (χ1) is 6.13. The number of nitrogens with two attached hydrogens (primary N) is 1. The molecule has 13 heavy (non-hydrogen) atoms. The van der Waals surface area contributed by atoms with Gasteiger partial charge >= 0.3 is 0 Å². The van der Waals surface area contributed by atoms with Gasteiger partial charge in [-0.05, 0) is 13.8 Å². The Balaban J connectivity index is 0. The summed E-state index contributed by atoms with van der Waals surface area (Å²) in [4.78, 5) is 0.500. The van der Waals surface area contributed by atoms with E-state index in [-0.39, 0.29) is 0 Å². The molecule has 2 N–H and O–H groups in total. The summed E-state index contributed by atoms with van der Waals surface area (Å²) < 4.78 is 0. The third-order valence-electron chi connectivity index (χ3n) is 0.940. The molecule has 0 unspecified atom stereocenters. The molecule has 0 saturated carbocycles. The van der Waals surface area contributed by atoms with Crippen molar-refractivity contribution in [2.24, 2.45) is 5.73 Å². The lowest BCUT2D eigenvalue weighted by atomic mass is 10.2. The molecule has 0 aliphatic rings. The van der Waals surface area contributed by atoms with Gasteiger partial charge in [0.15, 0.2) is 0 Å². The highest BCUT2D eigenvalue weighted by molar-refractivity contribution is 7.80. The third-order valence-corrected chi connectivity index (χ3v) is 0.940. The quantitative estimate of drug-likeness (QED) is 0.646. The molecule has 0 aliphatic heterocycles. The standard InChI is InChI=1S/C7H8.C2H5NS.C2H6/c1-7-5-3-2-4-6-7;1-2(3)4;1-2/h2-6H,1H3;1H3,(H2,3,4);1-2H3. The Labute approximate surface area is 87.0 Å². The summed E-state index contributed by atoms with van der Waals surface area (Å²) in [7, 11) is 0. The Bertz CT molecular complexity index is 203. The van der Waals surface area contributed by atoms with Crippen molar-refractivity contribution in [1.29, 1.82) is 0 Å². The van der Waals surface area contributed by atoms with Crippen molar-refractivity contribution in [3.8, 4) is 0 Å². The van der Waals surface area contributed by atoms with E-state index in [9.17, 15) is 0 Å². The lowest BCUT2D eigenvalue weighted by Gasteiger charge is -1.82. The van der Waals surface area contributed by atoms with Crippen LogP contribution in [0.15, 0.2) is 30.3 Å². The van der Waals surface area contributed by atoms with E-state index in [4.69, 9.17) is 5.73 Å². The third kappa shape index (κ3) is 18.2. The van der Waals surface area contributed by atoms with Crippen LogP contribution >= 0.6 is 12.2 Å². The normalized spacial score (nSPS) is 7.08. The molecule has 0 fully saturated rings. The lowest BCUT2D eigenvalue weighted by Crippen LogP contribution is -1.98. The van der Waals surface area contributed by atoms with Crippen molar-refractivity contribution in [3.63, 3.8) is 0 Å². The average molecular weight is 197 g/mol. The highest BCUT2D eigenvalue weighted by Crippen LogP contribution is 1.92. The minimum absolute atomic E-state index is 0.500. The van der Waals surface area contributed by atoms with Crippen molar-refractivity contribution >= 4 is 17.2 Å². The zero-order chi connectivity index (χ0) is 10.7. The van der Waals surface area contributed by atoms with Crippen LogP contribution in [-0.2, 0) is 0 Å². The first kappa shape index (κ1) is 14.6. The summed E-state index contributed by atoms with van der Waals surface area (Å²) in [5, 5.41) is 0. The minimum Gasteiger partial charge on any atom is -0.394 e. The van der Waals surface area contributed by atoms with Gasteiger partial charge in [0.25, 0.3) is 0 Å². The highest BCUT2D eigenvalue weighted by Gasteiger charge is 1.72. The second-order valence-corrected chi connectivity index (χ2v) is 2.91. The molecule has 1 aromatic carbocycles. The summed E-state index contributed by atoms with van der Waals surface area (Å²) in [5.74, 6) is 0. The fourth-order valence-corrected chi connectivity index (χ4v) is 0.534. The van der Waals surface area contributed by atoms with E-state index < -0.39 is 0 Å². The number of hydrogen-bond acceptors (Lipinski definition) is 1. The van der Waals surface area contributed by atoms with E-state index >= 15 is 0 Å². The fraction of sp³-hybridized carbons (Fsp3) is 0.364. The molecule has 1 aromatic rings. The van der Waals surface area contributed by atoms with E-state index in [0.29, 0.717) is 4.99 Å². The van der Waals surface area contributed by atoms with Crippen molar-refractivity contribution in [1.82, 2.24) is 0 Å². The van der Waals surface area contributed by atoms with Crippen LogP contribution in [0.5, 0.6) is 0 Å². The van der Waals surface area contributed by atoms with Crippen LogP contribution < -0.4 is 5.73 Å². The van der Waals surface area contributed by atoms with Crippen molar-refractivity contribution in [2.75, 3.05) is 0 Å². The van der Waals surface area contributed by atoms with Crippen LogP contribution in [0.1, 0.15) is 26.3 Å². The predicted octanol–water partition coefficient (Wildman–Crippen LogP) is 3.31. The fourth-order valence-electron chi connectivity index (χ4n) is 0.534. The molecular formula is C11H19NS. The maximum atomic E-state index is 4.84. The molecule has 0 radical (unpaired) electrons. The van der Waals surface area contributed by atoms with E-state index in [1.807, 2.05) is 32.0 Å². The summed E-state index contributed by atoms with van der Waals surface area (Å²) in [6.45, 7) is 7.76. The van der Waals surface area contributed by atoms with Gasteiger partial charge in [-0.3, -0.25) is 0 Å². The summed E-state index contributed by atoms with van der Waals surface area (Å²) in [6.07, 6.45) is 0. The zero-order valence-electron chi connectivity index (χ0n) is 8.87. The van der Waals surface area contributed by atoms with Gasteiger partial charge in [-0.1, -0.05) is 62.0 Å². The van der Waals surface area contributed by atoms with Gasteiger partial charge < -0.3 is 5.73 Å². The number of aryl methyl sites for hydroxylation is 1. The van der Waals surface area contributed by atoms with E-state index in [1.165, 1.54) is 5.56 Å². The Morgan fingerprint density at radius 1 is 1.15 bits per heavy atom. The topological polar surface area (TPSA) is 26.0 Å². The number of rotatable bonds is 0. The Morgan fingerprint density at radius 3 is 1.62 bits per heavy atom. The van der Waals surface area contributed by atoms with Crippen LogP contribution in [0.25, 0.3) is 0 Å². The van der Waals surface area contributed by atoms with Crippen LogP contribution in [0.2, 0.25) is 0 Å². The first-order valence-corrected chi connectivity index (χ1v) is 4.81. The maximum absolute atomic E-state index is 4.84.